The molecule has 0 aliphatic heterocycles. The van der Waals surface area contributed by atoms with Gasteiger partial charge in [0, 0.05) is 17.5 Å². The van der Waals surface area contributed by atoms with E-state index in [2.05, 4.69) is 4.40 Å². The van der Waals surface area contributed by atoms with Crippen LogP contribution in [0.25, 0.3) is 11.0 Å². The van der Waals surface area contributed by atoms with E-state index in [9.17, 15) is 13.2 Å². The van der Waals surface area contributed by atoms with Gasteiger partial charge in [0.05, 0.1) is 4.90 Å². The summed E-state index contributed by atoms with van der Waals surface area (Å²) in [5, 5.41) is 0.711. The zero-order valence-corrected chi connectivity index (χ0v) is 19.5. The molecule has 0 amide bonds. The van der Waals surface area contributed by atoms with Crippen LogP contribution < -0.4 is 5.63 Å². The van der Waals surface area contributed by atoms with E-state index in [0.717, 1.165) is 11.1 Å². The summed E-state index contributed by atoms with van der Waals surface area (Å²) in [6.07, 6.45) is 0. The molecule has 0 saturated heterocycles. The number of benzene rings is 2. The molecule has 6 nitrogen and oxygen atoms in total. The van der Waals surface area contributed by atoms with Crippen LogP contribution in [0.5, 0.6) is 0 Å². The van der Waals surface area contributed by atoms with E-state index >= 15 is 0 Å². The number of aryl methyl sites for hydroxylation is 2. The number of hydrogen-bond donors (Lipinski definition) is 0. The summed E-state index contributed by atoms with van der Waals surface area (Å²) in [7, 11) is -4.05. The van der Waals surface area contributed by atoms with Crippen LogP contribution >= 0.6 is 0 Å². The zero-order valence-electron chi connectivity index (χ0n) is 18.7. The second-order valence-corrected chi connectivity index (χ2v) is 9.89. The van der Waals surface area contributed by atoms with Gasteiger partial charge in [-0.1, -0.05) is 29.3 Å². The number of hydrogen-bond acceptors (Lipinski definition) is 4. The van der Waals surface area contributed by atoms with E-state index in [-0.39, 0.29) is 28.4 Å². The Balaban J connectivity index is 2.31. The van der Waals surface area contributed by atoms with E-state index in [1.165, 1.54) is 12.1 Å². The molecule has 0 aliphatic rings. The third kappa shape index (κ3) is 4.88. The molecule has 0 saturated carbocycles. The molecule has 3 aromatic rings. The first-order chi connectivity index (χ1) is 14.5. The van der Waals surface area contributed by atoms with Crippen LogP contribution in [0, 0.1) is 13.8 Å². The van der Waals surface area contributed by atoms with Crippen molar-refractivity contribution in [2.75, 3.05) is 0 Å². The van der Waals surface area contributed by atoms with Gasteiger partial charge < -0.3 is 9.32 Å². The molecule has 0 radical (unpaired) electrons. The summed E-state index contributed by atoms with van der Waals surface area (Å²) < 4.78 is 36.0. The lowest BCUT2D eigenvalue weighted by Crippen LogP contribution is -2.44. The van der Waals surface area contributed by atoms with Gasteiger partial charge in [-0.15, -0.1) is 4.40 Å². The Labute approximate surface area is 183 Å². The van der Waals surface area contributed by atoms with Crippen LogP contribution in [-0.4, -0.2) is 31.2 Å². The van der Waals surface area contributed by atoms with Crippen molar-refractivity contribution in [3.8, 4) is 0 Å². The van der Waals surface area contributed by atoms with Gasteiger partial charge in [0.1, 0.15) is 11.1 Å². The maximum atomic E-state index is 13.2. The molecule has 1 heterocycles. The molecule has 0 unspecified atom stereocenters. The van der Waals surface area contributed by atoms with Crippen LogP contribution in [0.3, 0.4) is 0 Å². The molecule has 7 heteroatoms. The van der Waals surface area contributed by atoms with Gasteiger partial charge in [-0.25, -0.2) is 4.79 Å². The molecule has 0 N–H and O–H groups in total. The average Bonchev–Trinajstić information content (AvgIpc) is 2.67. The van der Waals surface area contributed by atoms with Crippen molar-refractivity contribution in [1.82, 2.24) is 4.90 Å². The standard InChI is InChI=1S/C24H28N2O4S/c1-15(2)26(16(3)4)23(25-31(28,29)20-10-7-17(5)8-11-20)21-14-19-13-18(6)9-12-22(19)30-24(21)27/h7-16H,1-6H3/b25-23+. The van der Waals surface area contributed by atoms with Crippen molar-refractivity contribution in [2.45, 2.75) is 58.5 Å². The van der Waals surface area contributed by atoms with Gasteiger partial charge in [-0.3, -0.25) is 0 Å². The Hall–Kier alpha value is -2.93. The lowest BCUT2D eigenvalue weighted by molar-refractivity contribution is 0.292. The Morgan fingerprint density at radius 2 is 1.48 bits per heavy atom. The summed E-state index contributed by atoms with van der Waals surface area (Å²) in [5.74, 6) is 0.0859. The molecular weight excluding hydrogens is 412 g/mol. The van der Waals surface area contributed by atoms with Crippen molar-refractivity contribution >= 4 is 26.8 Å². The van der Waals surface area contributed by atoms with Gasteiger partial charge >= 0.3 is 5.63 Å². The van der Waals surface area contributed by atoms with E-state index in [0.29, 0.717) is 11.0 Å². The van der Waals surface area contributed by atoms with Crippen LogP contribution in [-0.2, 0) is 10.0 Å². The minimum atomic E-state index is -4.05. The summed E-state index contributed by atoms with van der Waals surface area (Å²) in [6, 6.07) is 13.4. The van der Waals surface area contributed by atoms with Gasteiger partial charge in [-0.2, -0.15) is 8.42 Å². The van der Waals surface area contributed by atoms with Crippen molar-refractivity contribution < 1.29 is 12.8 Å². The largest absolute Gasteiger partial charge is 0.422 e. The smallest absolute Gasteiger partial charge is 0.347 e. The van der Waals surface area contributed by atoms with Crippen LogP contribution in [0.1, 0.15) is 44.4 Å². The SMILES string of the molecule is Cc1ccc(S(=O)(=O)/N=C(\c2cc3cc(C)ccc3oc2=O)N(C(C)C)C(C)C)cc1. The Morgan fingerprint density at radius 1 is 0.903 bits per heavy atom. The van der Waals surface area contributed by atoms with E-state index in [4.69, 9.17) is 4.42 Å². The third-order valence-electron chi connectivity index (χ3n) is 5.01. The molecule has 164 valence electrons. The molecule has 2 aromatic carbocycles. The first kappa shape index (κ1) is 22.7. The maximum Gasteiger partial charge on any atom is 0.347 e. The Bertz CT molecular complexity index is 1280. The minimum absolute atomic E-state index is 0.0732. The summed E-state index contributed by atoms with van der Waals surface area (Å²) in [5.41, 5.74) is 1.89. The predicted octanol–water partition coefficient (Wildman–Crippen LogP) is 4.66. The Morgan fingerprint density at radius 3 is 2.06 bits per heavy atom. The average molecular weight is 441 g/mol. The molecular formula is C24H28N2O4S. The number of fused-ring (bicyclic) bond motifs is 1. The molecule has 0 fully saturated rings. The second kappa shape index (κ2) is 8.67. The highest BCUT2D eigenvalue weighted by Crippen LogP contribution is 2.21. The topological polar surface area (TPSA) is 80.0 Å². The number of nitrogens with zero attached hydrogens (tertiary/aromatic N) is 2. The summed E-state index contributed by atoms with van der Waals surface area (Å²) in [6.45, 7) is 11.5. The predicted molar refractivity (Wildman–Crippen MR) is 124 cm³/mol. The second-order valence-electron chi connectivity index (χ2n) is 8.29. The van der Waals surface area contributed by atoms with Crippen LogP contribution in [0.4, 0.5) is 0 Å². The molecule has 31 heavy (non-hydrogen) atoms. The summed E-state index contributed by atoms with van der Waals surface area (Å²) >= 11 is 0. The Kier molecular flexibility index (Phi) is 6.36. The highest BCUT2D eigenvalue weighted by Gasteiger charge is 2.27. The van der Waals surface area contributed by atoms with E-state index in [1.807, 2.05) is 58.6 Å². The fraction of sp³-hybridized carbons (Fsp3) is 0.333. The van der Waals surface area contributed by atoms with E-state index < -0.39 is 15.6 Å². The minimum Gasteiger partial charge on any atom is -0.422 e. The lowest BCUT2D eigenvalue weighted by Gasteiger charge is -2.33. The number of sulfonamides is 1. The molecule has 0 aliphatic carbocycles. The van der Waals surface area contributed by atoms with Crippen LogP contribution in [0.15, 0.2) is 67.0 Å². The van der Waals surface area contributed by atoms with Gasteiger partial charge in [0.15, 0.2) is 5.84 Å². The molecule has 0 bridgehead atoms. The van der Waals surface area contributed by atoms with Crippen molar-refractivity contribution in [2.24, 2.45) is 4.40 Å². The fourth-order valence-corrected chi connectivity index (χ4v) is 4.60. The first-order valence-corrected chi connectivity index (χ1v) is 11.7. The fourth-order valence-electron chi connectivity index (χ4n) is 3.60. The van der Waals surface area contributed by atoms with Crippen molar-refractivity contribution in [3.63, 3.8) is 0 Å². The normalized spacial score (nSPS) is 12.7. The maximum absolute atomic E-state index is 13.2. The van der Waals surface area contributed by atoms with Gasteiger partial charge in [0.25, 0.3) is 10.0 Å². The molecule has 1 aromatic heterocycles. The third-order valence-corrected chi connectivity index (χ3v) is 6.29. The van der Waals surface area contributed by atoms with Gasteiger partial charge in [-0.05, 0) is 71.9 Å². The van der Waals surface area contributed by atoms with Crippen molar-refractivity contribution in [1.29, 1.82) is 0 Å². The summed E-state index contributed by atoms with van der Waals surface area (Å²) in [4.78, 5) is 14.8. The number of rotatable bonds is 5. The monoisotopic (exact) mass is 440 g/mol. The quantitative estimate of drug-likeness (QED) is 0.327. The zero-order chi connectivity index (χ0) is 22.9. The first-order valence-electron chi connectivity index (χ1n) is 10.2. The van der Waals surface area contributed by atoms with E-state index in [1.54, 1.807) is 24.3 Å². The lowest BCUT2D eigenvalue weighted by atomic mass is 10.1. The molecule has 3 rings (SSSR count). The molecule has 0 spiro atoms. The van der Waals surface area contributed by atoms with Crippen LogP contribution in [0.2, 0.25) is 0 Å². The highest BCUT2D eigenvalue weighted by atomic mass is 32.2. The number of amidine groups is 1. The highest BCUT2D eigenvalue weighted by molar-refractivity contribution is 7.90. The molecule has 0 atom stereocenters. The van der Waals surface area contributed by atoms with Gasteiger partial charge in [0.2, 0.25) is 0 Å². The van der Waals surface area contributed by atoms with Crippen molar-refractivity contribution in [3.05, 3.63) is 75.6 Å².